The Balaban J connectivity index is 1.67. The number of hydrogen-bond donors (Lipinski definition) is 0. The quantitative estimate of drug-likeness (QED) is 0.452. The number of anilines is 1. The number of carbonyl (C=O) groups excluding carboxylic acids is 3. The molecule has 1 saturated carbocycles. The van der Waals surface area contributed by atoms with Crippen molar-refractivity contribution in [1.82, 2.24) is 0 Å². The molecule has 2 bridgehead atoms. The van der Waals surface area contributed by atoms with Crippen molar-refractivity contribution < 1.29 is 14.4 Å². The predicted octanol–water partition coefficient (Wildman–Crippen LogP) is 5.79. The van der Waals surface area contributed by atoms with E-state index in [-0.39, 0.29) is 17.6 Å². The van der Waals surface area contributed by atoms with Crippen molar-refractivity contribution in [3.05, 3.63) is 102 Å². The Kier molecular flexibility index (Phi) is 4.72. The molecular weight excluding hydrogens is 434 g/mol. The maximum atomic E-state index is 14.6. The SMILES string of the molecule is CCC[C@@]12C(=O)[C@@](C)(C(c3ccccc3)=C1c1ccccc1)[C@@H]1C(=O)N(c3ccccc3)C(=O)[C@@H]12. The topological polar surface area (TPSA) is 54.5 Å². The van der Waals surface area contributed by atoms with Gasteiger partial charge in [0.25, 0.3) is 0 Å². The smallest absolute Gasteiger partial charge is 0.239 e. The third-order valence-corrected chi connectivity index (χ3v) is 8.34. The summed E-state index contributed by atoms with van der Waals surface area (Å²) < 4.78 is 0. The first-order valence-electron chi connectivity index (χ1n) is 12.3. The van der Waals surface area contributed by atoms with Crippen LogP contribution in [-0.4, -0.2) is 17.6 Å². The number of fused-ring (bicyclic) bond motifs is 5. The number of Topliss-reactive ketones (excluding diaryl/α,β-unsaturated/α-hetero) is 1. The lowest BCUT2D eigenvalue weighted by Gasteiger charge is -2.37. The first-order chi connectivity index (χ1) is 17.0. The first-order valence-corrected chi connectivity index (χ1v) is 12.3. The number of rotatable bonds is 5. The van der Waals surface area contributed by atoms with Crippen LogP contribution >= 0.6 is 0 Å². The van der Waals surface area contributed by atoms with Crippen LogP contribution in [0, 0.1) is 22.7 Å². The van der Waals surface area contributed by atoms with E-state index >= 15 is 0 Å². The third-order valence-electron chi connectivity index (χ3n) is 8.34. The first kappa shape index (κ1) is 21.7. The van der Waals surface area contributed by atoms with Crippen molar-refractivity contribution in [3.8, 4) is 0 Å². The Morgan fingerprint density at radius 3 is 1.71 bits per heavy atom. The molecule has 2 amide bonds. The molecule has 6 rings (SSSR count). The zero-order valence-corrected chi connectivity index (χ0v) is 19.9. The number of benzene rings is 3. The van der Waals surface area contributed by atoms with Crippen molar-refractivity contribution >= 4 is 34.4 Å². The highest BCUT2D eigenvalue weighted by atomic mass is 16.2. The molecule has 4 nitrogen and oxygen atoms in total. The molecule has 35 heavy (non-hydrogen) atoms. The van der Waals surface area contributed by atoms with E-state index < -0.39 is 22.7 Å². The third kappa shape index (κ3) is 2.60. The maximum Gasteiger partial charge on any atom is 0.239 e. The van der Waals surface area contributed by atoms with Crippen molar-refractivity contribution in [2.75, 3.05) is 4.90 Å². The summed E-state index contributed by atoms with van der Waals surface area (Å²) in [5, 5.41) is 0. The van der Waals surface area contributed by atoms with E-state index in [4.69, 9.17) is 0 Å². The molecule has 3 aromatic rings. The molecule has 0 aromatic heterocycles. The van der Waals surface area contributed by atoms with Gasteiger partial charge in [-0.1, -0.05) is 92.2 Å². The summed E-state index contributed by atoms with van der Waals surface area (Å²) in [5.41, 5.74) is 2.18. The summed E-state index contributed by atoms with van der Waals surface area (Å²) in [6.07, 6.45) is 1.26. The zero-order valence-electron chi connectivity index (χ0n) is 19.9. The molecule has 0 spiro atoms. The Bertz CT molecular complexity index is 1380. The number of nitrogens with zero attached hydrogens (tertiary/aromatic N) is 1. The van der Waals surface area contributed by atoms with Gasteiger partial charge >= 0.3 is 0 Å². The number of allylic oxidation sites excluding steroid dienone is 2. The van der Waals surface area contributed by atoms with Gasteiger partial charge in [-0.2, -0.15) is 0 Å². The van der Waals surface area contributed by atoms with Gasteiger partial charge in [0, 0.05) is 0 Å². The van der Waals surface area contributed by atoms with Gasteiger partial charge < -0.3 is 0 Å². The van der Waals surface area contributed by atoms with Crippen molar-refractivity contribution in [2.24, 2.45) is 22.7 Å². The van der Waals surface area contributed by atoms with Crippen molar-refractivity contribution in [3.63, 3.8) is 0 Å². The number of imide groups is 1. The lowest BCUT2D eigenvalue weighted by Crippen LogP contribution is -2.41. The van der Waals surface area contributed by atoms with Gasteiger partial charge in [0.2, 0.25) is 11.8 Å². The van der Waals surface area contributed by atoms with Crippen LogP contribution in [0.5, 0.6) is 0 Å². The molecule has 0 radical (unpaired) electrons. The molecule has 174 valence electrons. The Hall–Kier alpha value is -3.79. The minimum absolute atomic E-state index is 0.0222. The minimum Gasteiger partial charge on any atom is -0.298 e. The largest absolute Gasteiger partial charge is 0.298 e. The van der Waals surface area contributed by atoms with E-state index in [1.807, 2.05) is 92.7 Å². The van der Waals surface area contributed by atoms with Gasteiger partial charge in [0.05, 0.1) is 28.4 Å². The highest BCUT2D eigenvalue weighted by Gasteiger charge is 2.79. The highest BCUT2D eigenvalue weighted by molar-refractivity contribution is 6.34. The van der Waals surface area contributed by atoms with Crippen LogP contribution in [0.1, 0.15) is 37.8 Å². The molecule has 3 aliphatic rings. The molecule has 4 atom stereocenters. The lowest BCUT2D eigenvalue weighted by molar-refractivity contribution is -0.134. The van der Waals surface area contributed by atoms with E-state index in [2.05, 4.69) is 0 Å². The summed E-state index contributed by atoms with van der Waals surface area (Å²) >= 11 is 0. The monoisotopic (exact) mass is 461 g/mol. The Labute approximate surface area is 205 Å². The molecule has 2 aliphatic carbocycles. The molecule has 3 aromatic carbocycles. The van der Waals surface area contributed by atoms with Gasteiger partial charge in [-0.15, -0.1) is 0 Å². The Morgan fingerprint density at radius 2 is 1.17 bits per heavy atom. The second-order valence-electron chi connectivity index (χ2n) is 10.0. The van der Waals surface area contributed by atoms with Gasteiger partial charge in [-0.3, -0.25) is 14.4 Å². The van der Waals surface area contributed by atoms with Crippen LogP contribution < -0.4 is 4.90 Å². The fourth-order valence-corrected chi connectivity index (χ4v) is 7.19. The number of amides is 2. The van der Waals surface area contributed by atoms with Crippen LogP contribution in [0.2, 0.25) is 0 Å². The van der Waals surface area contributed by atoms with Gasteiger partial charge in [0.15, 0.2) is 5.78 Å². The predicted molar refractivity (Wildman–Crippen MR) is 136 cm³/mol. The van der Waals surface area contributed by atoms with Crippen LogP contribution in [-0.2, 0) is 14.4 Å². The van der Waals surface area contributed by atoms with Crippen LogP contribution in [0.25, 0.3) is 11.1 Å². The van der Waals surface area contributed by atoms with Crippen LogP contribution in [0.3, 0.4) is 0 Å². The van der Waals surface area contributed by atoms with Crippen molar-refractivity contribution in [1.29, 1.82) is 0 Å². The molecule has 0 N–H and O–H groups in total. The summed E-state index contributed by atoms with van der Waals surface area (Å²) in [4.78, 5) is 44.0. The average molecular weight is 462 g/mol. The molecule has 1 saturated heterocycles. The van der Waals surface area contributed by atoms with E-state index in [1.54, 1.807) is 12.1 Å². The summed E-state index contributed by atoms with van der Waals surface area (Å²) in [6, 6.07) is 29.0. The molecular formula is C31H27NO3. The second-order valence-corrected chi connectivity index (χ2v) is 10.0. The van der Waals surface area contributed by atoms with Crippen LogP contribution in [0.15, 0.2) is 91.0 Å². The molecule has 4 heteroatoms. The normalized spacial score (nSPS) is 29.3. The average Bonchev–Trinajstić information content (AvgIpc) is 3.35. The van der Waals surface area contributed by atoms with E-state index in [9.17, 15) is 14.4 Å². The van der Waals surface area contributed by atoms with E-state index in [1.165, 1.54) is 4.90 Å². The van der Waals surface area contributed by atoms with E-state index in [0.29, 0.717) is 12.1 Å². The summed E-state index contributed by atoms with van der Waals surface area (Å²) in [5.74, 6) is -1.90. The fraction of sp³-hybridized carbons (Fsp3) is 0.258. The highest BCUT2D eigenvalue weighted by Crippen LogP contribution is 2.74. The van der Waals surface area contributed by atoms with Gasteiger partial charge in [-0.05, 0) is 47.8 Å². The Morgan fingerprint density at radius 1 is 0.686 bits per heavy atom. The minimum atomic E-state index is -1.08. The number of carbonyl (C=O) groups is 3. The number of hydrogen-bond acceptors (Lipinski definition) is 3. The molecule has 2 fully saturated rings. The van der Waals surface area contributed by atoms with Gasteiger partial charge in [0.1, 0.15) is 0 Å². The van der Waals surface area contributed by atoms with Gasteiger partial charge in [-0.25, -0.2) is 4.90 Å². The maximum absolute atomic E-state index is 14.6. The standard InChI is InChI=1S/C31H27NO3/c1-3-19-31-24(21-15-9-5-10-16-21)23(20-13-7-4-8-14-20)30(2,29(31)35)25-26(31)28(34)32(27(25)33)22-17-11-6-12-18-22/h4-18,25-26H,3,19H2,1-2H3/t25-,26+,30-,31+/m0/s1. The molecule has 1 aliphatic heterocycles. The number of para-hydroxylation sites is 1. The van der Waals surface area contributed by atoms with E-state index in [0.717, 1.165) is 28.7 Å². The number of ketones is 1. The second kappa shape index (κ2) is 7.61. The lowest BCUT2D eigenvalue weighted by atomic mass is 9.61. The fourth-order valence-electron chi connectivity index (χ4n) is 7.19. The molecule has 1 heterocycles. The summed E-state index contributed by atoms with van der Waals surface area (Å²) in [6.45, 7) is 3.95. The zero-order chi connectivity index (χ0) is 24.4. The summed E-state index contributed by atoms with van der Waals surface area (Å²) in [7, 11) is 0. The molecule has 0 unspecified atom stereocenters. The van der Waals surface area contributed by atoms with Crippen LogP contribution in [0.4, 0.5) is 5.69 Å². The van der Waals surface area contributed by atoms with Crippen molar-refractivity contribution in [2.45, 2.75) is 26.7 Å².